The summed E-state index contributed by atoms with van der Waals surface area (Å²) in [5, 5.41) is 8.63. The Bertz CT molecular complexity index is 741. The second-order valence-electron chi connectivity index (χ2n) is 5.71. The number of halogens is 1. The Hall–Kier alpha value is -2.47. The van der Waals surface area contributed by atoms with E-state index in [1.54, 1.807) is 35.3 Å². The zero-order chi connectivity index (χ0) is 17.3. The molecule has 24 heavy (non-hydrogen) atoms. The van der Waals surface area contributed by atoms with Crippen molar-refractivity contribution in [3.63, 3.8) is 0 Å². The van der Waals surface area contributed by atoms with Crippen molar-refractivity contribution in [3.05, 3.63) is 53.2 Å². The van der Waals surface area contributed by atoms with Crippen LogP contribution < -0.4 is 10.4 Å². The highest BCUT2D eigenvalue weighted by Gasteiger charge is 2.48. The third kappa shape index (κ3) is 2.73. The highest BCUT2D eigenvalue weighted by molar-refractivity contribution is 6.36. The summed E-state index contributed by atoms with van der Waals surface area (Å²) >= 11 is 5.99. The van der Waals surface area contributed by atoms with Gasteiger partial charge in [-0.05, 0) is 62.8 Å². The SMILES string of the molecule is CCOC(=O)C1=NN(c2ccc(Cl)cc2)C2(C)C=C(C)C=CNN12. The number of esters is 1. The number of benzene rings is 1. The molecule has 7 heteroatoms. The van der Waals surface area contributed by atoms with E-state index < -0.39 is 11.6 Å². The fraction of sp³-hybridized carbons (Fsp3) is 0.294. The van der Waals surface area contributed by atoms with Gasteiger partial charge in [-0.2, -0.15) is 0 Å². The van der Waals surface area contributed by atoms with Crippen LogP contribution >= 0.6 is 11.6 Å². The van der Waals surface area contributed by atoms with E-state index in [-0.39, 0.29) is 12.4 Å². The van der Waals surface area contributed by atoms with Gasteiger partial charge in [-0.25, -0.2) is 14.8 Å². The van der Waals surface area contributed by atoms with E-state index in [0.29, 0.717) is 5.02 Å². The van der Waals surface area contributed by atoms with Crippen molar-refractivity contribution in [2.24, 2.45) is 5.10 Å². The van der Waals surface area contributed by atoms with Crippen molar-refractivity contribution >= 4 is 29.1 Å². The number of nitrogens with one attached hydrogen (secondary N) is 1. The minimum atomic E-state index is -0.705. The summed E-state index contributed by atoms with van der Waals surface area (Å²) < 4.78 is 5.15. The van der Waals surface area contributed by atoms with Crippen molar-refractivity contribution in [2.45, 2.75) is 26.4 Å². The molecule has 0 amide bonds. The highest BCUT2D eigenvalue weighted by atomic mass is 35.5. The maximum atomic E-state index is 12.3. The summed E-state index contributed by atoms with van der Waals surface area (Å²) in [4.78, 5) is 12.3. The molecule has 0 aromatic heterocycles. The minimum absolute atomic E-state index is 0.199. The lowest BCUT2D eigenvalue weighted by Gasteiger charge is -2.38. The molecular weight excluding hydrogens is 328 g/mol. The van der Waals surface area contributed by atoms with Gasteiger partial charge in [-0.15, -0.1) is 5.10 Å². The Morgan fingerprint density at radius 3 is 2.75 bits per heavy atom. The van der Waals surface area contributed by atoms with E-state index in [1.165, 1.54) is 0 Å². The zero-order valence-corrected chi connectivity index (χ0v) is 14.5. The van der Waals surface area contributed by atoms with Crippen LogP contribution in [-0.2, 0) is 9.53 Å². The minimum Gasteiger partial charge on any atom is -0.460 e. The first kappa shape index (κ1) is 16.4. The van der Waals surface area contributed by atoms with Gasteiger partial charge in [0.25, 0.3) is 5.84 Å². The van der Waals surface area contributed by atoms with Crippen molar-refractivity contribution < 1.29 is 9.53 Å². The molecule has 6 nitrogen and oxygen atoms in total. The first-order valence-corrected chi connectivity index (χ1v) is 8.07. The molecule has 0 radical (unpaired) electrons. The fourth-order valence-corrected chi connectivity index (χ4v) is 2.95. The van der Waals surface area contributed by atoms with Crippen LogP contribution in [0.15, 0.2) is 53.3 Å². The average molecular weight is 347 g/mol. The van der Waals surface area contributed by atoms with Gasteiger partial charge in [0.1, 0.15) is 0 Å². The average Bonchev–Trinajstić information content (AvgIpc) is 2.72. The van der Waals surface area contributed by atoms with Crippen molar-refractivity contribution in [1.29, 1.82) is 0 Å². The molecule has 1 atom stereocenters. The molecule has 0 saturated carbocycles. The van der Waals surface area contributed by atoms with Crippen LogP contribution in [0.25, 0.3) is 0 Å². The maximum Gasteiger partial charge on any atom is 0.377 e. The van der Waals surface area contributed by atoms with E-state index in [1.807, 2.05) is 38.1 Å². The number of anilines is 1. The molecule has 1 aromatic carbocycles. The summed E-state index contributed by atoms with van der Waals surface area (Å²) in [6.07, 6.45) is 5.75. The monoisotopic (exact) mass is 346 g/mol. The number of carbonyl (C=O) groups is 1. The summed E-state index contributed by atoms with van der Waals surface area (Å²) in [7, 11) is 0. The number of hydrazone groups is 1. The Morgan fingerprint density at radius 2 is 2.08 bits per heavy atom. The van der Waals surface area contributed by atoms with Gasteiger partial charge < -0.3 is 10.2 Å². The quantitative estimate of drug-likeness (QED) is 0.852. The summed E-state index contributed by atoms with van der Waals surface area (Å²) in [6.45, 7) is 6.02. The molecule has 0 saturated heterocycles. The molecular formula is C17H19ClN4O2. The molecule has 2 aliphatic heterocycles. The third-order valence-electron chi connectivity index (χ3n) is 3.87. The number of amidine groups is 1. The molecule has 0 aliphatic carbocycles. The van der Waals surface area contributed by atoms with Gasteiger partial charge in [0, 0.05) is 11.2 Å². The Morgan fingerprint density at radius 1 is 1.38 bits per heavy atom. The van der Waals surface area contributed by atoms with Crippen LogP contribution in [0, 0.1) is 0 Å². The number of rotatable bonds is 3. The van der Waals surface area contributed by atoms with Crippen LogP contribution in [0.3, 0.4) is 0 Å². The van der Waals surface area contributed by atoms with Crippen molar-refractivity contribution in [1.82, 2.24) is 10.4 Å². The van der Waals surface area contributed by atoms with Gasteiger partial charge in [0.15, 0.2) is 5.66 Å². The van der Waals surface area contributed by atoms with Gasteiger partial charge in [0.05, 0.1) is 12.3 Å². The highest BCUT2D eigenvalue weighted by Crippen LogP contribution is 2.35. The van der Waals surface area contributed by atoms with Crippen LogP contribution in [-0.4, -0.2) is 29.1 Å². The molecule has 2 aliphatic rings. The summed E-state index contributed by atoms with van der Waals surface area (Å²) in [5.74, 6) is -0.279. The molecule has 1 aromatic rings. The first-order chi connectivity index (χ1) is 11.5. The predicted molar refractivity (Wildman–Crippen MR) is 94.3 cm³/mol. The largest absolute Gasteiger partial charge is 0.460 e. The molecule has 3 rings (SSSR count). The third-order valence-corrected chi connectivity index (χ3v) is 4.12. The van der Waals surface area contributed by atoms with Crippen LogP contribution in [0.1, 0.15) is 20.8 Å². The summed E-state index contributed by atoms with van der Waals surface area (Å²) in [6, 6.07) is 7.32. The molecule has 0 fully saturated rings. The van der Waals surface area contributed by atoms with Crippen molar-refractivity contribution in [2.75, 3.05) is 11.6 Å². The maximum absolute atomic E-state index is 12.3. The molecule has 1 N–H and O–H groups in total. The lowest BCUT2D eigenvalue weighted by atomic mass is 10.1. The smallest absolute Gasteiger partial charge is 0.377 e. The van der Waals surface area contributed by atoms with Crippen LogP contribution in [0.2, 0.25) is 5.02 Å². The molecule has 2 heterocycles. The second-order valence-corrected chi connectivity index (χ2v) is 6.15. The van der Waals surface area contributed by atoms with Crippen LogP contribution in [0.4, 0.5) is 5.69 Å². The topological polar surface area (TPSA) is 57.2 Å². The number of carbonyl (C=O) groups excluding carboxylic acids is 1. The van der Waals surface area contributed by atoms with E-state index in [0.717, 1.165) is 11.3 Å². The zero-order valence-electron chi connectivity index (χ0n) is 13.8. The number of hydrogen-bond acceptors (Lipinski definition) is 6. The number of nitrogens with zero attached hydrogens (tertiary/aromatic N) is 3. The van der Waals surface area contributed by atoms with E-state index in [4.69, 9.17) is 16.3 Å². The lowest BCUT2D eigenvalue weighted by Crippen LogP contribution is -2.57. The van der Waals surface area contributed by atoms with Gasteiger partial charge in [-0.3, -0.25) is 0 Å². The molecule has 126 valence electrons. The van der Waals surface area contributed by atoms with Gasteiger partial charge in [0.2, 0.25) is 0 Å². The number of fused-ring (bicyclic) bond motifs is 1. The fourth-order valence-electron chi connectivity index (χ4n) is 2.82. The molecule has 1 unspecified atom stereocenters. The number of hydrazine groups is 1. The Kier molecular flexibility index (Phi) is 4.24. The predicted octanol–water partition coefficient (Wildman–Crippen LogP) is 3.03. The van der Waals surface area contributed by atoms with Gasteiger partial charge >= 0.3 is 5.97 Å². The van der Waals surface area contributed by atoms with Crippen LogP contribution in [0.5, 0.6) is 0 Å². The van der Waals surface area contributed by atoms with E-state index in [9.17, 15) is 4.79 Å². The van der Waals surface area contributed by atoms with E-state index in [2.05, 4.69) is 10.5 Å². The van der Waals surface area contributed by atoms with E-state index >= 15 is 0 Å². The number of ether oxygens (including phenoxy) is 1. The second kappa shape index (κ2) is 6.20. The Labute approximate surface area is 146 Å². The molecule has 0 spiro atoms. The normalized spacial score (nSPS) is 22.3. The Balaban J connectivity index is 2.09. The standard InChI is InChI=1S/C17H19ClN4O2/c1-4-24-16(23)15-20-21(14-7-5-13(18)6-8-14)17(3)11-12(2)9-10-19-22(15)17/h5-11,19H,4H2,1-3H3. The number of hydrogen-bond donors (Lipinski definition) is 1. The first-order valence-electron chi connectivity index (χ1n) is 7.69. The number of allylic oxidation sites excluding steroid dienone is 2. The van der Waals surface area contributed by atoms with Gasteiger partial charge in [-0.1, -0.05) is 11.6 Å². The lowest BCUT2D eigenvalue weighted by molar-refractivity contribution is -0.136. The summed E-state index contributed by atoms with van der Waals surface area (Å²) in [5.41, 5.74) is 4.28. The van der Waals surface area contributed by atoms with Crippen molar-refractivity contribution in [3.8, 4) is 0 Å². The molecule has 0 bridgehead atoms.